The normalized spacial score (nSPS) is 11.6. The van der Waals surface area contributed by atoms with Crippen LogP contribution >= 0.6 is 0 Å². The number of nitrogens with zero attached hydrogens (tertiary/aromatic N) is 3. The minimum Gasteiger partial charge on any atom is -0.479 e. The third kappa shape index (κ3) is 3.14. The summed E-state index contributed by atoms with van der Waals surface area (Å²) in [5.41, 5.74) is -2.24. The largest absolute Gasteiger partial charge is 0.479 e. The molecule has 10 heteroatoms. The molecule has 0 unspecified atom stereocenters. The average molecular weight is 279 g/mol. The molecule has 1 heterocycles. The van der Waals surface area contributed by atoms with E-state index in [1.807, 2.05) is 0 Å². The Hall–Kier alpha value is -2.26. The molecular weight excluding hydrogens is 268 g/mol. The Morgan fingerprint density at radius 2 is 2.26 bits per heavy atom. The number of aromatic nitrogens is 2. The van der Waals surface area contributed by atoms with Gasteiger partial charge in [0.25, 0.3) is 6.43 Å². The van der Waals surface area contributed by atoms with Crippen LogP contribution in [0.3, 0.4) is 0 Å². The van der Waals surface area contributed by atoms with Crippen LogP contribution in [0.1, 0.15) is 13.8 Å². The minimum absolute atomic E-state index is 0.639. The average Bonchev–Trinajstić information content (AvgIpc) is 2.70. The van der Waals surface area contributed by atoms with Crippen molar-refractivity contribution >= 4 is 11.7 Å². The van der Waals surface area contributed by atoms with E-state index in [0.29, 0.717) is 0 Å². The van der Waals surface area contributed by atoms with Gasteiger partial charge < -0.3 is 9.84 Å². The zero-order valence-corrected chi connectivity index (χ0v) is 10.0. The first-order valence-corrected chi connectivity index (χ1v) is 5.05. The summed E-state index contributed by atoms with van der Waals surface area (Å²) in [5, 5.41) is 23.2. The highest BCUT2D eigenvalue weighted by Gasteiger charge is 2.34. The highest BCUT2D eigenvalue weighted by Crippen LogP contribution is 2.28. The van der Waals surface area contributed by atoms with Crippen molar-refractivity contribution in [3.05, 3.63) is 16.3 Å². The minimum atomic E-state index is -2.82. The smallest absolute Gasteiger partial charge is 0.350 e. The quantitative estimate of drug-likeness (QED) is 0.620. The van der Waals surface area contributed by atoms with Crippen LogP contribution in [0, 0.1) is 10.1 Å². The standard InChI is InChI=1S/C9H11F2N3O5/c1-9(2,8(15)16)13-3-5(14(17)18)7(12-13)19-4-6(10)11/h3,6H,4H2,1-2H3,(H,15,16). The van der Waals surface area contributed by atoms with Crippen LogP contribution in [0.2, 0.25) is 0 Å². The van der Waals surface area contributed by atoms with Gasteiger partial charge >= 0.3 is 17.5 Å². The van der Waals surface area contributed by atoms with Gasteiger partial charge in [-0.1, -0.05) is 0 Å². The highest BCUT2D eigenvalue weighted by atomic mass is 19.3. The maximum Gasteiger partial charge on any atom is 0.350 e. The Kier molecular flexibility index (Phi) is 4.02. The Labute approximate surface area is 105 Å². The van der Waals surface area contributed by atoms with Crippen molar-refractivity contribution in [2.24, 2.45) is 0 Å². The number of hydrogen-bond donors (Lipinski definition) is 1. The Morgan fingerprint density at radius 1 is 1.68 bits per heavy atom. The van der Waals surface area contributed by atoms with Crippen LogP contribution in [0.5, 0.6) is 5.88 Å². The molecule has 0 atom stereocenters. The number of ether oxygens (including phenoxy) is 1. The molecule has 19 heavy (non-hydrogen) atoms. The fraction of sp³-hybridized carbons (Fsp3) is 0.556. The van der Waals surface area contributed by atoms with E-state index in [2.05, 4.69) is 9.84 Å². The third-order valence-corrected chi connectivity index (χ3v) is 2.30. The van der Waals surface area contributed by atoms with E-state index in [1.54, 1.807) is 0 Å². The van der Waals surface area contributed by atoms with Crippen LogP contribution in [0.15, 0.2) is 6.20 Å². The van der Waals surface area contributed by atoms with E-state index in [4.69, 9.17) is 5.11 Å². The monoisotopic (exact) mass is 279 g/mol. The maximum atomic E-state index is 12.0. The second-order valence-electron chi connectivity index (χ2n) is 4.09. The van der Waals surface area contributed by atoms with Gasteiger partial charge in [0.15, 0.2) is 12.1 Å². The summed E-state index contributed by atoms with van der Waals surface area (Å²) in [6.45, 7) is 1.44. The van der Waals surface area contributed by atoms with Crippen molar-refractivity contribution in [2.75, 3.05) is 6.61 Å². The maximum absolute atomic E-state index is 12.0. The third-order valence-electron chi connectivity index (χ3n) is 2.30. The number of rotatable bonds is 6. The SMILES string of the molecule is CC(C)(C(=O)O)n1cc([N+](=O)[O-])c(OCC(F)F)n1. The molecule has 1 aromatic heterocycles. The molecule has 0 spiro atoms. The fourth-order valence-electron chi connectivity index (χ4n) is 1.10. The Balaban J connectivity index is 3.14. The van der Waals surface area contributed by atoms with Gasteiger partial charge in [0.1, 0.15) is 6.20 Å². The molecule has 0 aliphatic rings. The van der Waals surface area contributed by atoms with Crippen LogP contribution in [0.25, 0.3) is 0 Å². The van der Waals surface area contributed by atoms with Crippen LogP contribution < -0.4 is 4.74 Å². The number of hydrogen-bond acceptors (Lipinski definition) is 5. The van der Waals surface area contributed by atoms with Crippen LogP contribution in [0.4, 0.5) is 14.5 Å². The molecule has 0 aliphatic heterocycles. The van der Waals surface area contributed by atoms with Crippen molar-refractivity contribution in [3.8, 4) is 5.88 Å². The molecule has 8 nitrogen and oxygen atoms in total. The second-order valence-corrected chi connectivity index (χ2v) is 4.09. The predicted molar refractivity (Wildman–Crippen MR) is 57.3 cm³/mol. The number of halogens is 2. The summed E-state index contributed by atoms with van der Waals surface area (Å²) < 4.78 is 29.3. The lowest BCUT2D eigenvalue weighted by molar-refractivity contribution is -0.386. The van der Waals surface area contributed by atoms with Crippen LogP contribution in [-0.2, 0) is 10.3 Å². The molecule has 0 saturated heterocycles. The molecule has 0 aromatic carbocycles. The van der Waals surface area contributed by atoms with Gasteiger partial charge in [-0.05, 0) is 13.8 Å². The molecule has 0 radical (unpaired) electrons. The summed E-state index contributed by atoms with van der Waals surface area (Å²) in [5.74, 6) is -1.93. The number of aliphatic carboxylic acids is 1. The second kappa shape index (κ2) is 5.16. The summed E-state index contributed by atoms with van der Waals surface area (Å²) in [4.78, 5) is 20.8. The van der Waals surface area contributed by atoms with E-state index < -0.39 is 41.0 Å². The van der Waals surface area contributed by atoms with Crippen molar-refractivity contribution in [1.82, 2.24) is 9.78 Å². The predicted octanol–water partition coefficient (Wildman–Crippen LogP) is 1.25. The van der Waals surface area contributed by atoms with E-state index in [0.717, 1.165) is 10.9 Å². The Bertz CT molecular complexity index is 500. The van der Waals surface area contributed by atoms with E-state index in [9.17, 15) is 23.7 Å². The molecule has 1 N–H and O–H groups in total. The Morgan fingerprint density at radius 3 is 2.68 bits per heavy atom. The number of alkyl halides is 2. The molecule has 106 valence electrons. The van der Waals surface area contributed by atoms with Gasteiger partial charge in [0.05, 0.1) is 4.92 Å². The van der Waals surface area contributed by atoms with Crippen molar-refractivity contribution in [2.45, 2.75) is 25.8 Å². The van der Waals surface area contributed by atoms with Gasteiger partial charge in [-0.3, -0.25) is 10.1 Å². The molecule has 0 bridgehead atoms. The summed E-state index contributed by atoms with van der Waals surface area (Å²) in [6.07, 6.45) is -1.99. The molecule has 0 fully saturated rings. The molecule has 0 saturated carbocycles. The van der Waals surface area contributed by atoms with Gasteiger partial charge in [-0.25, -0.2) is 18.3 Å². The number of nitro groups is 1. The first-order valence-electron chi connectivity index (χ1n) is 5.05. The zero-order valence-electron chi connectivity index (χ0n) is 10.0. The molecule has 1 aromatic rings. The van der Waals surface area contributed by atoms with E-state index >= 15 is 0 Å². The summed E-state index contributed by atoms with van der Waals surface area (Å²) in [6, 6.07) is 0. The van der Waals surface area contributed by atoms with Crippen LogP contribution in [-0.4, -0.2) is 38.8 Å². The van der Waals surface area contributed by atoms with Gasteiger partial charge in [-0.15, -0.1) is 5.10 Å². The molecule has 0 amide bonds. The number of carboxylic acid groups (broad SMARTS) is 1. The topological polar surface area (TPSA) is 107 Å². The summed E-state index contributed by atoms with van der Waals surface area (Å²) >= 11 is 0. The number of carboxylic acids is 1. The molecule has 0 aliphatic carbocycles. The summed E-state index contributed by atoms with van der Waals surface area (Å²) in [7, 11) is 0. The van der Waals surface area contributed by atoms with Gasteiger partial charge in [0.2, 0.25) is 0 Å². The van der Waals surface area contributed by atoms with E-state index in [1.165, 1.54) is 13.8 Å². The zero-order chi connectivity index (χ0) is 14.8. The lowest BCUT2D eigenvalue weighted by Crippen LogP contribution is -2.36. The first-order chi connectivity index (χ1) is 8.66. The van der Waals surface area contributed by atoms with Crippen molar-refractivity contribution in [3.63, 3.8) is 0 Å². The van der Waals surface area contributed by atoms with Gasteiger partial charge in [-0.2, -0.15) is 0 Å². The fourth-order valence-corrected chi connectivity index (χ4v) is 1.10. The van der Waals surface area contributed by atoms with E-state index in [-0.39, 0.29) is 0 Å². The lowest BCUT2D eigenvalue weighted by Gasteiger charge is -2.18. The van der Waals surface area contributed by atoms with Crippen molar-refractivity contribution < 1.29 is 28.3 Å². The number of carbonyl (C=O) groups is 1. The highest BCUT2D eigenvalue weighted by molar-refractivity contribution is 5.75. The van der Waals surface area contributed by atoms with Crippen molar-refractivity contribution in [1.29, 1.82) is 0 Å². The lowest BCUT2D eigenvalue weighted by atomic mass is 10.1. The first kappa shape index (κ1) is 14.8. The van der Waals surface area contributed by atoms with Gasteiger partial charge in [0, 0.05) is 0 Å². The molecular formula is C9H11F2N3O5. The molecule has 1 rings (SSSR count).